The molecule has 0 bridgehead atoms. The Morgan fingerprint density at radius 3 is 2.10 bits per heavy atom. The zero-order valence-electron chi connectivity index (χ0n) is 18.0. The summed E-state index contributed by atoms with van der Waals surface area (Å²) in [5.74, 6) is -0.459. The fourth-order valence-electron chi connectivity index (χ4n) is 4.18. The van der Waals surface area contributed by atoms with Gasteiger partial charge in [0.05, 0.1) is 0 Å². The number of aryl methyl sites for hydroxylation is 1. The summed E-state index contributed by atoms with van der Waals surface area (Å²) in [4.78, 5) is 0. The van der Waals surface area contributed by atoms with Crippen LogP contribution < -0.4 is 0 Å². The lowest BCUT2D eigenvalue weighted by Gasteiger charge is -2.10. The van der Waals surface area contributed by atoms with Gasteiger partial charge in [-0.25, -0.2) is 8.78 Å². The molecule has 0 atom stereocenters. The Morgan fingerprint density at radius 1 is 0.645 bits per heavy atom. The zero-order chi connectivity index (χ0) is 21.6. The molecular formula is C29H28F2. The summed E-state index contributed by atoms with van der Waals surface area (Å²) >= 11 is 0. The van der Waals surface area contributed by atoms with E-state index < -0.39 is 0 Å². The highest BCUT2D eigenvalue weighted by atomic mass is 19.1. The predicted octanol–water partition coefficient (Wildman–Crippen LogP) is 8.96. The van der Waals surface area contributed by atoms with Crippen LogP contribution in [0.1, 0.15) is 44.6 Å². The van der Waals surface area contributed by atoms with Gasteiger partial charge in [0, 0.05) is 16.5 Å². The standard InChI is InChI=1S/C29H28F2/c1-2-3-4-5-6-9-21-12-18-27-24(20-21)17-19-26(29(27)31)23-15-13-22(14-16-23)25-10-7-8-11-28(25)30/h7-8,10-20H,2-6,9H2,1H3. The van der Waals surface area contributed by atoms with Gasteiger partial charge >= 0.3 is 0 Å². The van der Waals surface area contributed by atoms with Crippen LogP contribution >= 0.6 is 0 Å². The van der Waals surface area contributed by atoms with Crippen molar-refractivity contribution in [3.8, 4) is 22.3 Å². The van der Waals surface area contributed by atoms with Gasteiger partial charge in [0.2, 0.25) is 0 Å². The molecule has 2 heteroatoms. The molecule has 0 saturated heterocycles. The Hall–Kier alpha value is -3.00. The average molecular weight is 415 g/mol. The van der Waals surface area contributed by atoms with Gasteiger partial charge in [0.15, 0.2) is 0 Å². The summed E-state index contributed by atoms with van der Waals surface area (Å²) in [7, 11) is 0. The molecular weight excluding hydrogens is 386 g/mol. The van der Waals surface area contributed by atoms with Crippen molar-refractivity contribution >= 4 is 10.8 Å². The van der Waals surface area contributed by atoms with Crippen LogP contribution in [0.15, 0.2) is 78.9 Å². The molecule has 0 fully saturated rings. The first kappa shape index (κ1) is 21.2. The second-order valence-corrected chi connectivity index (χ2v) is 8.20. The summed E-state index contributed by atoms with van der Waals surface area (Å²) in [5.41, 5.74) is 3.96. The number of benzene rings is 4. The maximum atomic E-state index is 15.3. The highest BCUT2D eigenvalue weighted by Crippen LogP contribution is 2.32. The molecule has 0 N–H and O–H groups in total. The van der Waals surface area contributed by atoms with Gasteiger partial charge < -0.3 is 0 Å². The number of hydrogen-bond donors (Lipinski definition) is 0. The number of rotatable bonds is 8. The lowest BCUT2D eigenvalue weighted by atomic mass is 9.96. The van der Waals surface area contributed by atoms with Crippen LogP contribution in [0, 0.1) is 11.6 Å². The molecule has 0 heterocycles. The summed E-state index contributed by atoms with van der Waals surface area (Å²) < 4.78 is 29.3. The van der Waals surface area contributed by atoms with Crippen molar-refractivity contribution in [2.75, 3.05) is 0 Å². The van der Waals surface area contributed by atoms with Gasteiger partial charge in [-0.2, -0.15) is 0 Å². The molecule has 158 valence electrons. The molecule has 0 saturated carbocycles. The van der Waals surface area contributed by atoms with Gasteiger partial charge in [-0.15, -0.1) is 0 Å². The predicted molar refractivity (Wildman–Crippen MR) is 127 cm³/mol. The van der Waals surface area contributed by atoms with Gasteiger partial charge in [-0.3, -0.25) is 0 Å². The van der Waals surface area contributed by atoms with Gasteiger partial charge in [-0.05, 0) is 41.0 Å². The van der Waals surface area contributed by atoms with E-state index >= 15 is 4.39 Å². The van der Waals surface area contributed by atoms with Crippen LogP contribution in [-0.4, -0.2) is 0 Å². The Kier molecular flexibility index (Phi) is 6.76. The van der Waals surface area contributed by atoms with E-state index in [1.165, 1.54) is 43.7 Å². The van der Waals surface area contributed by atoms with E-state index in [2.05, 4.69) is 19.1 Å². The molecule has 0 radical (unpaired) electrons. The van der Waals surface area contributed by atoms with E-state index in [1.807, 2.05) is 48.5 Å². The highest BCUT2D eigenvalue weighted by Gasteiger charge is 2.11. The van der Waals surface area contributed by atoms with Crippen molar-refractivity contribution in [1.29, 1.82) is 0 Å². The van der Waals surface area contributed by atoms with Crippen LogP contribution in [0.4, 0.5) is 8.78 Å². The normalized spacial score (nSPS) is 11.2. The number of halogens is 2. The number of fused-ring (bicyclic) bond motifs is 1. The molecule has 31 heavy (non-hydrogen) atoms. The number of hydrogen-bond acceptors (Lipinski definition) is 0. The minimum absolute atomic E-state index is 0.203. The van der Waals surface area contributed by atoms with Crippen molar-refractivity contribution < 1.29 is 8.78 Å². The first-order chi connectivity index (χ1) is 15.2. The zero-order valence-corrected chi connectivity index (χ0v) is 18.0. The highest BCUT2D eigenvalue weighted by molar-refractivity contribution is 5.89. The lowest BCUT2D eigenvalue weighted by Crippen LogP contribution is -1.91. The van der Waals surface area contributed by atoms with E-state index in [-0.39, 0.29) is 11.6 Å². The van der Waals surface area contributed by atoms with Crippen LogP contribution in [0.3, 0.4) is 0 Å². The Balaban J connectivity index is 1.55. The first-order valence-corrected chi connectivity index (χ1v) is 11.2. The van der Waals surface area contributed by atoms with E-state index in [9.17, 15) is 4.39 Å². The third-order valence-corrected chi connectivity index (χ3v) is 5.97. The quantitative estimate of drug-likeness (QED) is 0.252. The van der Waals surface area contributed by atoms with E-state index in [4.69, 9.17) is 0 Å². The Labute approximate surface area is 183 Å². The van der Waals surface area contributed by atoms with Crippen molar-refractivity contribution in [1.82, 2.24) is 0 Å². The van der Waals surface area contributed by atoms with Crippen molar-refractivity contribution in [2.45, 2.75) is 45.4 Å². The lowest BCUT2D eigenvalue weighted by molar-refractivity contribution is 0.631. The monoisotopic (exact) mass is 414 g/mol. The largest absolute Gasteiger partial charge is 0.206 e. The molecule has 0 aromatic heterocycles. The molecule has 0 aliphatic carbocycles. The Bertz CT molecular complexity index is 1160. The second-order valence-electron chi connectivity index (χ2n) is 8.20. The number of unbranched alkanes of at least 4 members (excludes halogenated alkanes) is 4. The SMILES string of the molecule is CCCCCCCc1ccc2c(F)c(-c3ccc(-c4ccccc4F)cc3)ccc2c1. The topological polar surface area (TPSA) is 0 Å². The van der Waals surface area contributed by atoms with Crippen LogP contribution in [-0.2, 0) is 6.42 Å². The molecule has 4 rings (SSSR count). The molecule has 4 aromatic rings. The maximum Gasteiger partial charge on any atom is 0.138 e. The van der Waals surface area contributed by atoms with Crippen LogP contribution in [0.25, 0.3) is 33.0 Å². The molecule has 0 spiro atoms. The molecule has 0 unspecified atom stereocenters. The van der Waals surface area contributed by atoms with Gasteiger partial charge in [0.25, 0.3) is 0 Å². The van der Waals surface area contributed by atoms with Gasteiger partial charge in [-0.1, -0.05) is 105 Å². The van der Waals surface area contributed by atoms with Crippen LogP contribution in [0.5, 0.6) is 0 Å². The van der Waals surface area contributed by atoms with Crippen LogP contribution in [0.2, 0.25) is 0 Å². The fourth-order valence-corrected chi connectivity index (χ4v) is 4.18. The Morgan fingerprint density at radius 2 is 1.35 bits per heavy atom. The molecule has 4 aromatic carbocycles. The third kappa shape index (κ3) is 4.85. The molecule has 0 aliphatic rings. The average Bonchev–Trinajstić information content (AvgIpc) is 2.80. The van der Waals surface area contributed by atoms with Crippen molar-refractivity contribution in [3.05, 3.63) is 96.1 Å². The fraction of sp³-hybridized carbons (Fsp3) is 0.241. The van der Waals surface area contributed by atoms with E-state index in [0.29, 0.717) is 16.5 Å². The molecule has 0 aliphatic heterocycles. The summed E-state index contributed by atoms with van der Waals surface area (Å²) in [6.07, 6.45) is 7.32. The van der Waals surface area contributed by atoms with Crippen molar-refractivity contribution in [3.63, 3.8) is 0 Å². The second kappa shape index (κ2) is 9.87. The van der Waals surface area contributed by atoms with E-state index in [0.717, 1.165) is 22.9 Å². The molecule has 0 nitrogen and oxygen atoms in total. The summed E-state index contributed by atoms with van der Waals surface area (Å²) in [6.45, 7) is 2.23. The first-order valence-electron chi connectivity index (χ1n) is 11.2. The summed E-state index contributed by atoms with van der Waals surface area (Å²) in [6, 6.07) is 24.0. The molecule has 0 amide bonds. The van der Waals surface area contributed by atoms with Gasteiger partial charge in [0.1, 0.15) is 11.6 Å². The maximum absolute atomic E-state index is 15.3. The third-order valence-electron chi connectivity index (χ3n) is 5.97. The minimum atomic E-state index is -0.256. The van der Waals surface area contributed by atoms with E-state index in [1.54, 1.807) is 12.1 Å². The summed E-state index contributed by atoms with van der Waals surface area (Å²) in [5, 5.41) is 1.58. The minimum Gasteiger partial charge on any atom is -0.206 e. The van der Waals surface area contributed by atoms with Crippen molar-refractivity contribution in [2.24, 2.45) is 0 Å². The smallest absolute Gasteiger partial charge is 0.138 e.